The van der Waals surface area contributed by atoms with Crippen molar-refractivity contribution < 1.29 is 9.53 Å². The van der Waals surface area contributed by atoms with E-state index >= 15 is 0 Å². The molecule has 4 nitrogen and oxygen atoms in total. The number of hydrogen-bond donors (Lipinski definition) is 1. The summed E-state index contributed by atoms with van der Waals surface area (Å²) in [6.07, 6.45) is 6.85. The van der Waals surface area contributed by atoms with Gasteiger partial charge in [0.25, 0.3) is 0 Å². The summed E-state index contributed by atoms with van der Waals surface area (Å²) in [6, 6.07) is 12.3. The summed E-state index contributed by atoms with van der Waals surface area (Å²) in [5, 5.41) is 3.15. The molecule has 4 heteroatoms. The molecule has 0 saturated carbocycles. The van der Waals surface area contributed by atoms with Crippen LogP contribution < -0.4 is 10.1 Å². The van der Waals surface area contributed by atoms with E-state index in [4.69, 9.17) is 4.74 Å². The maximum atomic E-state index is 13.1. The Hall–Kier alpha value is -2.49. The van der Waals surface area contributed by atoms with Gasteiger partial charge in [0, 0.05) is 18.8 Å². The number of benzene rings is 2. The Labute approximate surface area is 189 Å². The Morgan fingerprint density at radius 2 is 1.55 bits per heavy atom. The lowest BCUT2D eigenvalue weighted by Crippen LogP contribution is -2.35. The van der Waals surface area contributed by atoms with Crippen LogP contribution in [0.2, 0.25) is 0 Å². The first-order chi connectivity index (χ1) is 14.9. The minimum atomic E-state index is -0.0419. The zero-order chi connectivity index (χ0) is 22.6. The van der Waals surface area contributed by atoms with Crippen LogP contribution >= 0.6 is 0 Å². The quantitative estimate of drug-likeness (QED) is 0.361. The first-order valence-corrected chi connectivity index (χ1v) is 11.8. The van der Waals surface area contributed by atoms with Crippen molar-refractivity contribution in [2.75, 3.05) is 18.5 Å². The number of nitrogens with one attached hydrogen (secondary N) is 1. The summed E-state index contributed by atoms with van der Waals surface area (Å²) < 4.78 is 5.85. The standard InChI is InChI=1S/C27H40N2O2/c1-6-8-10-11-17-31-25-14-12-24(13-15-25)20-29(16-9-7-2)27(30)28-26-22(4)18-21(3)19-23(26)5/h12-15,18-19H,6-11,16-17,20H2,1-5H3,(H,28,30). The molecule has 2 aromatic rings. The molecule has 0 heterocycles. The molecular weight excluding hydrogens is 384 g/mol. The second kappa shape index (κ2) is 13.0. The van der Waals surface area contributed by atoms with Crippen LogP contribution in [0.4, 0.5) is 10.5 Å². The number of hydrogen-bond acceptors (Lipinski definition) is 2. The molecule has 0 aromatic heterocycles. The second-order valence-corrected chi connectivity index (χ2v) is 8.53. The van der Waals surface area contributed by atoms with Gasteiger partial charge in [-0.1, -0.05) is 69.4 Å². The van der Waals surface area contributed by atoms with E-state index in [9.17, 15) is 4.79 Å². The second-order valence-electron chi connectivity index (χ2n) is 8.53. The molecule has 31 heavy (non-hydrogen) atoms. The molecule has 0 fully saturated rings. The summed E-state index contributed by atoms with van der Waals surface area (Å²) in [5.74, 6) is 0.899. The lowest BCUT2D eigenvalue weighted by atomic mass is 10.1. The fraction of sp³-hybridized carbons (Fsp3) is 0.519. The van der Waals surface area contributed by atoms with Crippen molar-refractivity contribution in [1.29, 1.82) is 0 Å². The molecule has 2 aromatic carbocycles. The fourth-order valence-corrected chi connectivity index (χ4v) is 3.79. The molecule has 1 N–H and O–H groups in total. The predicted octanol–water partition coefficient (Wildman–Crippen LogP) is 7.41. The molecule has 0 aliphatic carbocycles. The monoisotopic (exact) mass is 424 g/mol. The molecule has 0 bridgehead atoms. The molecule has 0 atom stereocenters. The summed E-state index contributed by atoms with van der Waals surface area (Å²) in [5.41, 5.74) is 5.44. The van der Waals surface area contributed by atoms with Crippen LogP contribution in [-0.2, 0) is 6.54 Å². The molecule has 2 rings (SSSR count). The van der Waals surface area contributed by atoms with E-state index in [2.05, 4.69) is 50.4 Å². The van der Waals surface area contributed by atoms with Gasteiger partial charge in [0.05, 0.1) is 6.61 Å². The molecule has 0 saturated heterocycles. The van der Waals surface area contributed by atoms with Crippen molar-refractivity contribution in [2.45, 2.75) is 79.7 Å². The topological polar surface area (TPSA) is 41.6 Å². The average molecular weight is 425 g/mol. The normalized spacial score (nSPS) is 10.7. The Bertz CT molecular complexity index is 791. The number of rotatable bonds is 12. The Kier molecular flexibility index (Phi) is 10.4. The van der Waals surface area contributed by atoms with E-state index in [1.807, 2.05) is 30.9 Å². The molecule has 0 radical (unpaired) electrons. The van der Waals surface area contributed by atoms with Gasteiger partial charge in [-0.3, -0.25) is 0 Å². The minimum absolute atomic E-state index is 0.0419. The SMILES string of the molecule is CCCCCCOc1ccc(CN(CCCC)C(=O)Nc2c(C)cc(C)cc2C)cc1. The lowest BCUT2D eigenvalue weighted by molar-refractivity contribution is 0.208. The van der Waals surface area contributed by atoms with Crippen LogP contribution in [0.25, 0.3) is 0 Å². The van der Waals surface area contributed by atoms with Crippen molar-refractivity contribution in [3.8, 4) is 5.75 Å². The van der Waals surface area contributed by atoms with Gasteiger partial charge in [0.2, 0.25) is 0 Å². The molecule has 0 aliphatic rings. The van der Waals surface area contributed by atoms with Gasteiger partial charge in [0.1, 0.15) is 5.75 Å². The number of carbonyl (C=O) groups is 1. The van der Waals surface area contributed by atoms with Gasteiger partial charge in [-0.05, 0) is 62.4 Å². The summed E-state index contributed by atoms with van der Waals surface area (Å²) in [4.78, 5) is 15.0. The zero-order valence-corrected chi connectivity index (χ0v) is 20.1. The fourth-order valence-electron chi connectivity index (χ4n) is 3.79. The van der Waals surface area contributed by atoms with E-state index < -0.39 is 0 Å². The van der Waals surface area contributed by atoms with Crippen LogP contribution in [0.3, 0.4) is 0 Å². The number of nitrogens with zero attached hydrogens (tertiary/aromatic N) is 1. The van der Waals surface area contributed by atoms with Crippen LogP contribution in [0.15, 0.2) is 36.4 Å². The van der Waals surface area contributed by atoms with Crippen molar-refractivity contribution in [1.82, 2.24) is 4.90 Å². The van der Waals surface area contributed by atoms with Gasteiger partial charge in [-0.15, -0.1) is 0 Å². The first kappa shape index (κ1) is 24.8. The van der Waals surface area contributed by atoms with Crippen LogP contribution in [0.1, 0.15) is 74.6 Å². The average Bonchev–Trinajstić information content (AvgIpc) is 2.74. The van der Waals surface area contributed by atoms with Gasteiger partial charge < -0.3 is 15.0 Å². The Morgan fingerprint density at radius 1 is 0.903 bits per heavy atom. The van der Waals surface area contributed by atoms with E-state index in [0.29, 0.717) is 6.54 Å². The zero-order valence-electron chi connectivity index (χ0n) is 20.1. The van der Waals surface area contributed by atoms with Crippen LogP contribution in [0, 0.1) is 20.8 Å². The largest absolute Gasteiger partial charge is 0.494 e. The van der Waals surface area contributed by atoms with Gasteiger partial charge in [-0.25, -0.2) is 4.79 Å². The summed E-state index contributed by atoms with van der Waals surface area (Å²) >= 11 is 0. The van der Waals surface area contributed by atoms with Crippen molar-refractivity contribution in [3.05, 3.63) is 58.7 Å². The molecular formula is C27H40N2O2. The third-order valence-electron chi connectivity index (χ3n) is 5.54. The predicted molar refractivity (Wildman–Crippen MR) is 131 cm³/mol. The van der Waals surface area contributed by atoms with Crippen LogP contribution in [0.5, 0.6) is 5.75 Å². The molecule has 2 amide bonds. The van der Waals surface area contributed by atoms with E-state index in [-0.39, 0.29) is 6.03 Å². The highest BCUT2D eigenvalue weighted by Gasteiger charge is 2.16. The van der Waals surface area contributed by atoms with Crippen LogP contribution in [-0.4, -0.2) is 24.1 Å². The number of ether oxygens (including phenoxy) is 1. The van der Waals surface area contributed by atoms with E-state index in [1.165, 1.54) is 24.8 Å². The minimum Gasteiger partial charge on any atom is -0.494 e. The Morgan fingerprint density at radius 3 is 2.16 bits per heavy atom. The molecule has 0 spiro atoms. The van der Waals surface area contributed by atoms with Gasteiger partial charge in [0.15, 0.2) is 0 Å². The summed E-state index contributed by atoms with van der Waals surface area (Å²) in [6.45, 7) is 12.6. The van der Waals surface area contributed by atoms with Gasteiger partial charge in [-0.2, -0.15) is 0 Å². The molecule has 0 aliphatic heterocycles. The molecule has 170 valence electrons. The highest BCUT2D eigenvalue weighted by Crippen LogP contribution is 2.23. The highest BCUT2D eigenvalue weighted by molar-refractivity contribution is 5.91. The van der Waals surface area contributed by atoms with Gasteiger partial charge >= 0.3 is 6.03 Å². The third kappa shape index (κ3) is 8.28. The number of urea groups is 1. The first-order valence-electron chi connectivity index (χ1n) is 11.8. The number of carbonyl (C=O) groups excluding carboxylic acids is 1. The Balaban J connectivity index is 2.00. The van der Waals surface area contributed by atoms with E-state index in [1.54, 1.807) is 0 Å². The molecule has 0 unspecified atom stereocenters. The number of unbranched alkanes of at least 4 members (excludes halogenated alkanes) is 4. The summed E-state index contributed by atoms with van der Waals surface area (Å²) in [7, 11) is 0. The highest BCUT2D eigenvalue weighted by atomic mass is 16.5. The van der Waals surface area contributed by atoms with Crippen molar-refractivity contribution >= 4 is 11.7 Å². The number of amides is 2. The number of anilines is 1. The van der Waals surface area contributed by atoms with Crippen molar-refractivity contribution in [3.63, 3.8) is 0 Å². The van der Waals surface area contributed by atoms with E-state index in [0.717, 1.165) is 60.5 Å². The number of aryl methyl sites for hydroxylation is 3. The van der Waals surface area contributed by atoms with Crippen molar-refractivity contribution in [2.24, 2.45) is 0 Å². The smallest absolute Gasteiger partial charge is 0.322 e. The lowest BCUT2D eigenvalue weighted by Gasteiger charge is -2.24. The maximum absolute atomic E-state index is 13.1. The third-order valence-corrected chi connectivity index (χ3v) is 5.54. The maximum Gasteiger partial charge on any atom is 0.322 e.